The Morgan fingerprint density at radius 3 is 2.33 bits per heavy atom. The SMILES string of the molecule is CC(=O)[C@H](C)Sc1ncnc2c1c(-c1ccccc1)cn2-c1ccccc1. The Balaban J connectivity index is 1.98. The number of thioether (sulfide) groups is 1. The van der Waals surface area contributed by atoms with E-state index in [1.54, 1.807) is 13.3 Å². The molecule has 2 heterocycles. The van der Waals surface area contributed by atoms with Gasteiger partial charge in [0.1, 0.15) is 22.8 Å². The van der Waals surface area contributed by atoms with Gasteiger partial charge in [0.25, 0.3) is 0 Å². The highest BCUT2D eigenvalue weighted by Gasteiger charge is 2.20. The predicted molar refractivity (Wildman–Crippen MR) is 110 cm³/mol. The van der Waals surface area contributed by atoms with Crippen molar-refractivity contribution in [2.24, 2.45) is 0 Å². The molecule has 0 aliphatic rings. The first-order valence-corrected chi connectivity index (χ1v) is 9.67. The van der Waals surface area contributed by atoms with Crippen molar-refractivity contribution in [3.63, 3.8) is 0 Å². The minimum atomic E-state index is -0.160. The van der Waals surface area contributed by atoms with E-state index in [-0.39, 0.29) is 11.0 Å². The Labute approximate surface area is 162 Å². The van der Waals surface area contributed by atoms with Crippen molar-refractivity contribution < 1.29 is 4.79 Å². The molecule has 0 saturated carbocycles. The third kappa shape index (κ3) is 3.38. The zero-order valence-electron chi connectivity index (χ0n) is 15.2. The minimum Gasteiger partial charge on any atom is -0.301 e. The van der Waals surface area contributed by atoms with Crippen LogP contribution >= 0.6 is 11.8 Å². The van der Waals surface area contributed by atoms with Gasteiger partial charge in [-0.15, -0.1) is 0 Å². The van der Waals surface area contributed by atoms with Crippen molar-refractivity contribution in [3.05, 3.63) is 73.2 Å². The third-order valence-corrected chi connectivity index (χ3v) is 5.75. The summed E-state index contributed by atoms with van der Waals surface area (Å²) in [6, 6.07) is 20.4. The highest BCUT2D eigenvalue weighted by molar-refractivity contribution is 8.00. The minimum absolute atomic E-state index is 0.135. The quantitative estimate of drug-likeness (QED) is 0.358. The molecule has 0 bridgehead atoms. The standard InChI is InChI=1S/C22H19N3OS/c1-15(26)16(2)27-22-20-19(17-9-5-3-6-10-17)13-25(21(20)23-14-24-22)18-11-7-4-8-12-18/h3-14,16H,1-2H3/t16-/m0/s1. The van der Waals surface area contributed by atoms with Gasteiger partial charge >= 0.3 is 0 Å². The maximum atomic E-state index is 11.8. The molecule has 1 atom stereocenters. The molecule has 0 fully saturated rings. The Hall–Kier alpha value is -2.92. The van der Waals surface area contributed by atoms with E-state index >= 15 is 0 Å². The van der Waals surface area contributed by atoms with Crippen LogP contribution in [0.3, 0.4) is 0 Å². The molecule has 0 radical (unpaired) electrons. The molecule has 4 nitrogen and oxygen atoms in total. The maximum Gasteiger partial charge on any atom is 0.149 e. The molecular weight excluding hydrogens is 354 g/mol. The summed E-state index contributed by atoms with van der Waals surface area (Å²) in [6.45, 7) is 3.53. The second-order valence-corrected chi connectivity index (χ2v) is 7.69. The number of aromatic nitrogens is 3. The molecule has 5 heteroatoms. The van der Waals surface area contributed by atoms with Gasteiger partial charge in [0.15, 0.2) is 0 Å². The number of para-hydroxylation sites is 1. The highest BCUT2D eigenvalue weighted by atomic mass is 32.2. The monoisotopic (exact) mass is 373 g/mol. The van der Waals surface area contributed by atoms with Gasteiger partial charge in [0, 0.05) is 17.4 Å². The summed E-state index contributed by atoms with van der Waals surface area (Å²) < 4.78 is 2.09. The van der Waals surface area contributed by atoms with Crippen molar-refractivity contribution in [1.82, 2.24) is 14.5 Å². The van der Waals surface area contributed by atoms with Gasteiger partial charge in [-0.2, -0.15) is 0 Å². The van der Waals surface area contributed by atoms with E-state index in [9.17, 15) is 4.79 Å². The molecular formula is C22H19N3OS. The summed E-state index contributed by atoms with van der Waals surface area (Å²) >= 11 is 1.48. The predicted octanol–water partition coefficient (Wildman–Crippen LogP) is 5.16. The zero-order chi connectivity index (χ0) is 18.8. The normalized spacial score (nSPS) is 12.2. The Bertz CT molecular complexity index is 1090. The van der Waals surface area contributed by atoms with E-state index in [0.29, 0.717) is 0 Å². The van der Waals surface area contributed by atoms with Crippen LogP contribution in [-0.4, -0.2) is 25.6 Å². The lowest BCUT2D eigenvalue weighted by molar-refractivity contribution is -0.116. The second-order valence-electron chi connectivity index (χ2n) is 6.36. The molecule has 4 rings (SSSR count). The van der Waals surface area contributed by atoms with Gasteiger partial charge in [-0.3, -0.25) is 4.79 Å². The number of hydrogen-bond acceptors (Lipinski definition) is 4. The zero-order valence-corrected chi connectivity index (χ0v) is 16.0. The molecule has 2 aromatic carbocycles. The molecule has 0 amide bonds. The number of rotatable bonds is 5. The molecule has 0 unspecified atom stereocenters. The number of Topliss-reactive ketones (excluding diaryl/α,β-unsaturated/α-hetero) is 1. The average molecular weight is 373 g/mol. The fourth-order valence-corrected chi connectivity index (χ4v) is 3.92. The van der Waals surface area contributed by atoms with Gasteiger partial charge in [-0.1, -0.05) is 60.3 Å². The molecule has 4 aromatic rings. The number of carbonyl (C=O) groups excluding carboxylic acids is 1. The fourth-order valence-electron chi connectivity index (χ4n) is 3.00. The van der Waals surface area contributed by atoms with Crippen molar-refractivity contribution in [1.29, 1.82) is 0 Å². The first-order valence-electron chi connectivity index (χ1n) is 8.79. The Kier molecular flexibility index (Phi) is 4.77. The van der Waals surface area contributed by atoms with Crippen LogP contribution < -0.4 is 0 Å². The molecule has 0 saturated heterocycles. The second kappa shape index (κ2) is 7.37. The van der Waals surface area contributed by atoms with E-state index in [4.69, 9.17) is 0 Å². The molecule has 0 aliphatic carbocycles. The van der Waals surface area contributed by atoms with E-state index in [2.05, 4.69) is 45.0 Å². The number of nitrogens with zero attached hydrogens (tertiary/aromatic N) is 3. The van der Waals surface area contributed by atoms with Crippen LogP contribution in [0.2, 0.25) is 0 Å². The van der Waals surface area contributed by atoms with Crippen LogP contribution in [-0.2, 0) is 4.79 Å². The number of benzene rings is 2. The van der Waals surface area contributed by atoms with Crippen LogP contribution in [0.5, 0.6) is 0 Å². The first kappa shape index (κ1) is 17.5. The lowest BCUT2D eigenvalue weighted by Crippen LogP contribution is -2.08. The fraction of sp³-hybridized carbons (Fsp3) is 0.136. The van der Waals surface area contributed by atoms with E-state index in [1.807, 2.05) is 43.3 Å². The number of fused-ring (bicyclic) bond motifs is 1. The Morgan fingerprint density at radius 1 is 1.00 bits per heavy atom. The van der Waals surface area contributed by atoms with Crippen LogP contribution in [0.25, 0.3) is 27.8 Å². The van der Waals surface area contributed by atoms with Gasteiger partial charge in [-0.05, 0) is 31.5 Å². The number of hydrogen-bond donors (Lipinski definition) is 0. The highest BCUT2D eigenvalue weighted by Crippen LogP contribution is 2.37. The average Bonchev–Trinajstić information content (AvgIpc) is 3.10. The smallest absolute Gasteiger partial charge is 0.149 e. The third-order valence-electron chi connectivity index (χ3n) is 4.53. The largest absolute Gasteiger partial charge is 0.301 e. The topological polar surface area (TPSA) is 47.8 Å². The van der Waals surface area contributed by atoms with Crippen LogP contribution in [0, 0.1) is 0 Å². The van der Waals surface area contributed by atoms with Crippen molar-refractivity contribution in [2.75, 3.05) is 0 Å². The van der Waals surface area contributed by atoms with Crippen LogP contribution in [0.15, 0.2) is 78.2 Å². The molecule has 0 N–H and O–H groups in total. The number of carbonyl (C=O) groups is 1. The van der Waals surface area contributed by atoms with Crippen molar-refractivity contribution >= 4 is 28.6 Å². The van der Waals surface area contributed by atoms with E-state index in [1.165, 1.54) is 11.8 Å². The van der Waals surface area contributed by atoms with Crippen molar-refractivity contribution in [2.45, 2.75) is 24.1 Å². The lowest BCUT2D eigenvalue weighted by atomic mass is 10.1. The van der Waals surface area contributed by atoms with Gasteiger partial charge in [0.05, 0.1) is 10.6 Å². The maximum absolute atomic E-state index is 11.8. The van der Waals surface area contributed by atoms with Gasteiger partial charge < -0.3 is 4.57 Å². The summed E-state index contributed by atoms with van der Waals surface area (Å²) in [7, 11) is 0. The van der Waals surface area contributed by atoms with E-state index < -0.39 is 0 Å². The number of ketones is 1. The van der Waals surface area contributed by atoms with Gasteiger partial charge in [-0.25, -0.2) is 9.97 Å². The molecule has 134 valence electrons. The van der Waals surface area contributed by atoms with Gasteiger partial charge in [0.2, 0.25) is 0 Å². The summed E-state index contributed by atoms with van der Waals surface area (Å²) in [5.74, 6) is 0.135. The summed E-state index contributed by atoms with van der Waals surface area (Å²) in [5, 5.41) is 1.65. The summed E-state index contributed by atoms with van der Waals surface area (Å²) in [4.78, 5) is 20.9. The molecule has 27 heavy (non-hydrogen) atoms. The van der Waals surface area contributed by atoms with Crippen LogP contribution in [0.4, 0.5) is 0 Å². The van der Waals surface area contributed by atoms with Crippen molar-refractivity contribution in [3.8, 4) is 16.8 Å². The summed E-state index contributed by atoms with van der Waals surface area (Å²) in [5.41, 5.74) is 4.05. The molecule has 0 aliphatic heterocycles. The van der Waals surface area contributed by atoms with Crippen LogP contribution in [0.1, 0.15) is 13.8 Å². The lowest BCUT2D eigenvalue weighted by Gasteiger charge is -2.09. The molecule has 2 aromatic heterocycles. The van der Waals surface area contributed by atoms with E-state index in [0.717, 1.165) is 32.9 Å². The summed E-state index contributed by atoms with van der Waals surface area (Å²) in [6.07, 6.45) is 3.68. The first-order chi connectivity index (χ1) is 13.1. The Morgan fingerprint density at radius 2 is 1.67 bits per heavy atom. The molecule has 0 spiro atoms.